The molecule has 0 aliphatic heterocycles. The van der Waals surface area contributed by atoms with Crippen molar-refractivity contribution in [2.24, 2.45) is 0 Å². The van der Waals surface area contributed by atoms with E-state index in [0.717, 1.165) is 11.8 Å². The number of carboxylic acid groups (broad SMARTS) is 1. The molecular weight excluding hydrogens is 136 g/mol. The van der Waals surface area contributed by atoms with Crippen molar-refractivity contribution in [3.05, 3.63) is 12.7 Å². The Bertz CT molecular complexity index is 79.1. The van der Waals surface area contributed by atoms with E-state index in [0.29, 0.717) is 0 Å². The second kappa shape index (κ2) is 10.5. The van der Waals surface area contributed by atoms with Crippen LogP contribution < -0.4 is 0 Å². The van der Waals surface area contributed by atoms with Crippen molar-refractivity contribution in [3.63, 3.8) is 0 Å². The fraction of sp³-hybridized carbons (Fsp3) is 0.500. The molecule has 3 heteroatoms. The van der Waals surface area contributed by atoms with Gasteiger partial charge >= 0.3 is 5.97 Å². The summed E-state index contributed by atoms with van der Waals surface area (Å²) in [6.45, 7) is 5.06. The first-order valence-corrected chi connectivity index (χ1v) is 3.28. The normalized spacial score (nSPS) is 6.89. The van der Waals surface area contributed by atoms with Crippen molar-refractivity contribution in [1.29, 1.82) is 0 Å². The molecule has 0 saturated heterocycles. The lowest BCUT2D eigenvalue weighted by atomic mass is 10.6. The van der Waals surface area contributed by atoms with Crippen molar-refractivity contribution in [3.8, 4) is 0 Å². The number of rotatable bonds is 2. The molecule has 0 aliphatic rings. The van der Waals surface area contributed by atoms with Gasteiger partial charge in [0.1, 0.15) is 0 Å². The van der Waals surface area contributed by atoms with Crippen LogP contribution >= 0.6 is 12.6 Å². The predicted octanol–water partition coefficient (Wildman–Crippen LogP) is 1.58. The van der Waals surface area contributed by atoms with Gasteiger partial charge in [0.15, 0.2) is 0 Å². The van der Waals surface area contributed by atoms with Gasteiger partial charge in [0, 0.05) is 6.08 Å². The van der Waals surface area contributed by atoms with Crippen molar-refractivity contribution >= 4 is 18.6 Å². The fourth-order valence-corrected chi connectivity index (χ4v) is 0. The summed E-state index contributed by atoms with van der Waals surface area (Å²) < 4.78 is 0. The molecule has 0 amide bonds. The topological polar surface area (TPSA) is 37.3 Å². The van der Waals surface area contributed by atoms with Crippen LogP contribution in [0.15, 0.2) is 12.7 Å². The monoisotopic (exact) mass is 148 g/mol. The van der Waals surface area contributed by atoms with E-state index in [2.05, 4.69) is 26.1 Å². The number of hydrogen-bond acceptors (Lipinski definition) is 2. The second-order valence-electron chi connectivity index (χ2n) is 1.27. The average Bonchev–Trinajstić information content (AvgIpc) is 1.89. The summed E-state index contributed by atoms with van der Waals surface area (Å²) in [5, 5.41) is 7.60. The molecule has 0 aliphatic carbocycles. The van der Waals surface area contributed by atoms with Gasteiger partial charge < -0.3 is 5.11 Å². The standard InChI is InChI=1S/C3H4O2.C3H8S/c1-2-3(4)5;1-2-3-4/h2H,1H2,(H,4,5);4H,2-3H2,1H3. The minimum absolute atomic E-state index is 0.833. The summed E-state index contributed by atoms with van der Waals surface area (Å²) in [5.41, 5.74) is 0. The summed E-state index contributed by atoms with van der Waals surface area (Å²) in [6.07, 6.45) is 2.02. The van der Waals surface area contributed by atoms with Crippen LogP contribution in [0.3, 0.4) is 0 Å². The smallest absolute Gasteiger partial charge is 0.327 e. The minimum Gasteiger partial charge on any atom is -0.478 e. The molecule has 0 bridgehead atoms. The second-order valence-corrected chi connectivity index (χ2v) is 1.71. The quantitative estimate of drug-likeness (QED) is 0.461. The highest BCUT2D eigenvalue weighted by atomic mass is 32.1. The van der Waals surface area contributed by atoms with E-state index in [1.54, 1.807) is 0 Å². The van der Waals surface area contributed by atoms with E-state index in [4.69, 9.17) is 5.11 Å². The molecule has 0 radical (unpaired) electrons. The summed E-state index contributed by atoms with van der Waals surface area (Å²) in [6, 6.07) is 0. The number of carbonyl (C=O) groups is 1. The van der Waals surface area contributed by atoms with Crippen molar-refractivity contribution in [1.82, 2.24) is 0 Å². The predicted molar refractivity (Wildman–Crippen MR) is 42.0 cm³/mol. The molecule has 0 aromatic rings. The largest absolute Gasteiger partial charge is 0.478 e. The Morgan fingerprint density at radius 1 is 1.89 bits per heavy atom. The van der Waals surface area contributed by atoms with Crippen LogP contribution in [0.2, 0.25) is 0 Å². The lowest BCUT2D eigenvalue weighted by Gasteiger charge is -1.67. The maximum absolute atomic E-state index is 9.25. The van der Waals surface area contributed by atoms with Crippen molar-refractivity contribution in [2.75, 3.05) is 5.75 Å². The number of thiol groups is 1. The molecule has 0 aromatic carbocycles. The Balaban J connectivity index is 0. The van der Waals surface area contributed by atoms with Gasteiger partial charge in [0.05, 0.1) is 0 Å². The third-order valence-corrected chi connectivity index (χ3v) is 0.845. The van der Waals surface area contributed by atoms with Crippen LogP contribution in [0, 0.1) is 0 Å². The Labute approximate surface area is 61.0 Å². The van der Waals surface area contributed by atoms with Gasteiger partial charge in [-0.25, -0.2) is 4.79 Å². The maximum Gasteiger partial charge on any atom is 0.327 e. The van der Waals surface area contributed by atoms with Crippen LogP contribution in [0.25, 0.3) is 0 Å². The van der Waals surface area contributed by atoms with Crippen LogP contribution in [-0.2, 0) is 4.79 Å². The van der Waals surface area contributed by atoms with Gasteiger partial charge in [-0.3, -0.25) is 0 Å². The summed E-state index contributed by atoms with van der Waals surface area (Å²) in [7, 11) is 0. The zero-order chi connectivity index (χ0) is 7.70. The van der Waals surface area contributed by atoms with Gasteiger partial charge in [0.25, 0.3) is 0 Å². The molecular formula is C6H12O2S. The number of aliphatic carboxylic acids is 1. The first kappa shape index (κ1) is 11.4. The molecule has 0 spiro atoms. The third kappa shape index (κ3) is 35.7. The highest BCUT2D eigenvalue weighted by Gasteiger charge is 1.73. The lowest BCUT2D eigenvalue weighted by Crippen LogP contribution is -1.82. The van der Waals surface area contributed by atoms with Crippen molar-refractivity contribution < 1.29 is 9.90 Å². The molecule has 0 unspecified atom stereocenters. The molecule has 0 aromatic heterocycles. The molecule has 0 rings (SSSR count). The molecule has 2 nitrogen and oxygen atoms in total. The Kier molecular flexibility index (Phi) is 13.3. The van der Waals surface area contributed by atoms with Crippen molar-refractivity contribution in [2.45, 2.75) is 13.3 Å². The Hall–Kier alpha value is -0.440. The van der Waals surface area contributed by atoms with Crippen LogP contribution in [0.4, 0.5) is 0 Å². The first-order valence-electron chi connectivity index (χ1n) is 2.65. The summed E-state index contributed by atoms with van der Waals surface area (Å²) in [5.74, 6) is 0.0324. The van der Waals surface area contributed by atoms with E-state index < -0.39 is 5.97 Å². The zero-order valence-corrected chi connectivity index (χ0v) is 6.40. The molecule has 0 fully saturated rings. The molecule has 1 N–H and O–H groups in total. The molecule has 54 valence electrons. The minimum atomic E-state index is -0.981. The Morgan fingerprint density at radius 2 is 2.11 bits per heavy atom. The fourth-order valence-electron chi connectivity index (χ4n) is 0. The molecule has 0 heterocycles. The van der Waals surface area contributed by atoms with Crippen LogP contribution in [0.5, 0.6) is 0 Å². The number of carboxylic acids is 1. The maximum atomic E-state index is 9.25. The van der Waals surface area contributed by atoms with Gasteiger partial charge in [-0.15, -0.1) is 0 Å². The average molecular weight is 148 g/mol. The van der Waals surface area contributed by atoms with Crippen LogP contribution in [-0.4, -0.2) is 16.8 Å². The third-order valence-electron chi connectivity index (χ3n) is 0.398. The highest BCUT2D eigenvalue weighted by molar-refractivity contribution is 7.80. The lowest BCUT2D eigenvalue weighted by molar-refractivity contribution is -0.131. The summed E-state index contributed by atoms with van der Waals surface area (Å²) in [4.78, 5) is 9.25. The van der Waals surface area contributed by atoms with Gasteiger partial charge in [-0.1, -0.05) is 13.5 Å². The summed E-state index contributed by atoms with van der Waals surface area (Å²) >= 11 is 3.92. The molecule has 0 saturated carbocycles. The van der Waals surface area contributed by atoms with E-state index in [-0.39, 0.29) is 0 Å². The van der Waals surface area contributed by atoms with Gasteiger partial charge in [-0.05, 0) is 12.2 Å². The van der Waals surface area contributed by atoms with Gasteiger partial charge in [0.2, 0.25) is 0 Å². The SMILES string of the molecule is C=CC(=O)O.CCCS. The van der Waals surface area contributed by atoms with Crippen LogP contribution in [0.1, 0.15) is 13.3 Å². The van der Waals surface area contributed by atoms with E-state index in [1.807, 2.05) is 0 Å². The van der Waals surface area contributed by atoms with E-state index in [1.165, 1.54) is 6.42 Å². The molecule has 0 atom stereocenters. The van der Waals surface area contributed by atoms with E-state index >= 15 is 0 Å². The zero-order valence-electron chi connectivity index (χ0n) is 5.50. The highest BCUT2D eigenvalue weighted by Crippen LogP contribution is 1.74. The molecule has 9 heavy (non-hydrogen) atoms. The first-order chi connectivity index (χ1) is 4.18. The van der Waals surface area contributed by atoms with Gasteiger partial charge in [-0.2, -0.15) is 12.6 Å². The Morgan fingerprint density at radius 3 is 2.11 bits per heavy atom. The number of hydrogen-bond donors (Lipinski definition) is 2. The van der Waals surface area contributed by atoms with E-state index in [9.17, 15) is 4.79 Å².